The van der Waals surface area contributed by atoms with Gasteiger partial charge in [-0.25, -0.2) is 0 Å². The number of nitrogens with zero attached hydrogens (tertiary/aromatic N) is 2. The van der Waals surface area contributed by atoms with Gasteiger partial charge in [0, 0.05) is 12.0 Å². The van der Waals surface area contributed by atoms with E-state index in [1.54, 1.807) is 24.3 Å². The van der Waals surface area contributed by atoms with E-state index in [4.69, 9.17) is 11.2 Å². The van der Waals surface area contributed by atoms with Gasteiger partial charge in [0.05, 0.1) is 6.61 Å². The van der Waals surface area contributed by atoms with Crippen LogP contribution in [-0.2, 0) is 6.18 Å². The first-order valence-electron chi connectivity index (χ1n) is 9.87. The summed E-state index contributed by atoms with van der Waals surface area (Å²) in [6.45, 7) is 5.08. The van der Waals surface area contributed by atoms with Crippen LogP contribution >= 0.6 is 0 Å². The fourth-order valence-electron chi connectivity index (χ4n) is 3.18. The second-order valence-electron chi connectivity index (χ2n) is 7.48. The molecule has 2 aromatic rings. The molecule has 0 bridgehead atoms. The first-order valence-corrected chi connectivity index (χ1v) is 9.87. The third kappa shape index (κ3) is 7.80. The van der Waals surface area contributed by atoms with E-state index in [9.17, 15) is 13.2 Å². The third-order valence-corrected chi connectivity index (χ3v) is 4.73. The fourth-order valence-corrected chi connectivity index (χ4v) is 3.18. The Bertz CT molecular complexity index is 779. The number of terminal acetylenes is 1. The Labute approximate surface area is 169 Å². The number of unbranched alkanes of at least 4 members (excludes halogenated alkanes) is 2. The Kier molecular flexibility index (Phi) is 8.56. The van der Waals surface area contributed by atoms with Gasteiger partial charge in [-0.3, -0.25) is 0 Å². The van der Waals surface area contributed by atoms with E-state index in [2.05, 4.69) is 34.4 Å². The van der Waals surface area contributed by atoms with Gasteiger partial charge in [-0.1, -0.05) is 31.8 Å². The Hall–Kier alpha value is -2.49. The molecular formula is C22H27F3N2O2. The molecule has 7 heteroatoms. The summed E-state index contributed by atoms with van der Waals surface area (Å²) in [6, 6.07) is 6.61. The molecule has 29 heavy (non-hydrogen) atoms. The fraction of sp³-hybridized carbons (Fsp3) is 0.545. The zero-order valence-corrected chi connectivity index (χ0v) is 16.8. The molecule has 0 aliphatic rings. The van der Waals surface area contributed by atoms with E-state index in [1.165, 1.54) is 12.8 Å². The van der Waals surface area contributed by atoms with Crippen LogP contribution in [0.4, 0.5) is 13.2 Å². The van der Waals surface area contributed by atoms with Crippen molar-refractivity contribution in [2.24, 2.45) is 11.8 Å². The Morgan fingerprint density at radius 1 is 1.10 bits per heavy atom. The van der Waals surface area contributed by atoms with Crippen LogP contribution in [0.5, 0.6) is 5.75 Å². The monoisotopic (exact) mass is 408 g/mol. The average Bonchev–Trinajstić information content (AvgIpc) is 3.16. The topological polar surface area (TPSA) is 48.2 Å². The van der Waals surface area contributed by atoms with Gasteiger partial charge in [0.1, 0.15) is 5.75 Å². The van der Waals surface area contributed by atoms with Gasteiger partial charge in [-0.15, -0.1) is 12.3 Å². The molecule has 0 spiro atoms. The van der Waals surface area contributed by atoms with Crippen LogP contribution in [0.1, 0.15) is 58.3 Å². The molecule has 0 aliphatic heterocycles. The maximum atomic E-state index is 12.5. The summed E-state index contributed by atoms with van der Waals surface area (Å²) in [7, 11) is 0. The van der Waals surface area contributed by atoms with Crippen LogP contribution in [0.3, 0.4) is 0 Å². The standard InChI is InChI=1S/C22H27F3N2O2/c1-4-5-6-7-8-16(2)15-17(3)13-14-28-19-11-9-18(10-12-19)20-26-21(29-27-20)22(23,24)25/h1,9-12,16-17H,5-8,13-15H2,2-3H3. The van der Waals surface area contributed by atoms with Crippen molar-refractivity contribution >= 4 is 0 Å². The summed E-state index contributed by atoms with van der Waals surface area (Å²) >= 11 is 0. The lowest BCUT2D eigenvalue weighted by Crippen LogP contribution is -2.08. The van der Waals surface area contributed by atoms with Crippen molar-refractivity contribution in [3.63, 3.8) is 0 Å². The minimum absolute atomic E-state index is 0.103. The van der Waals surface area contributed by atoms with Crippen LogP contribution in [0.15, 0.2) is 28.8 Å². The van der Waals surface area contributed by atoms with Gasteiger partial charge in [-0.2, -0.15) is 18.2 Å². The third-order valence-electron chi connectivity index (χ3n) is 4.73. The first-order chi connectivity index (χ1) is 13.8. The second-order valence-corrected chi connectivity index (χ2v) is 7.48. The van der Waals surface area contributed by atoms with Crippen molar-refractivity contribution in [3.05, 3.63) is 30.2 Å². The SMILES string of the molecule is C#CCCCCC(C)CC(C)CCOc1ccc(-c2noc(C(F)(F)F)n2)cc1. The van der Waals surface area contributed by atoms with Gasteiger partial charge < -0.3 is 9.26 Å². The molecule has 2 rings (SSSR count). The number of aromatic nitrogens is 2. The van der Waals surface area contributed by atoms with Crippen LogP contribution in [-0.4, -0.2) is 16.7 Å². The molecule has 0 radical (unpaired) electrons. The van der Waals surface area contributed by atoms with Crippen molar-refractivity contribution in [3.8, 4) is 29.5 Å². The van der Waals surface area contributed by atoms with Crippen LogP contribution in [0, 0.1) is 24.2 Å². The summed E-state index contributed by atoms with van der Waals surface area (Å²) in [5.41, 5.74) is 0.434. The van der Waals surface area contributed by atoms with E-state index in [-0.39, 0.29) is 5.82 Å². The number of hydrogen-bond acceptors (Lipinski definition) is 4. The Balaban J connectivity index is 1.73. The number of hydrogen-bond donors (Lipinski definition) is 0. The van der Waals surface area contributed by atoms with Gasteiger partial charge in [-0.05, 0) is 55.4 Å². The summed E-state index contributed by atoms with van der Waals surface area (Å²) < 4.78 is 47.6. The predicted octanol–water partition coefficient (Wildman–Crippen LogP) is 6.38. The second kappa shape index (κ2) is 10.9. The van der Waals surface area contributed by atoms with Gasteiger partial charge >= 0.3 is 12.1 Å². The minimum atomic E-state index is -4.65. The Morgan fingerprint density at radius 2 is 1.79 bits per heavy atom. The highest BCUT2D eigenvalue weighted by Crippen LogP contribution is 2.30. The number of alkyl halides is 3. The zero-order valence-electron chi connectivity index (χ0n) is 16.8. The maximum Gasteiger partial charge on any atom is 0.471 e. The predicted molar refractivity (Wildman–Crippen MR) is 105 cm³/mol. The van der Waals surface area contributed by atoms with E-state index in [1.807, 2.05) is 0 Å². The molecule has 1 aromatic heterocycles. The molecule has 1 aromatic carbocycles. The first kappa shape index (κ1) is 22.8. The number of rotatable bonds is 11. The summed E-state index contributed by atoms with van der Waals surface area (Å²) in [5, 5.41) is 3.37. The highest BCUT2D eigenvalue weighted by atomic mass is 19.4. The molecule has 1 heterocycles. The highest BCUT2D eigenvalue weighted by molar-refractivity contribution is 5.55. The lowest BCUT2D eigenvalue weighted by molar-refractivity contribution is -0.159. The molecule has 4 nitrogen and oxygen atoms in total. The lowest BCUT2D eigenvalue weighted by atomic mass is 9.91. The lowest BCUT2D eigenvalue weighted by Gasteiger charge is -2.17. The molecule has 0 saturated carbocycles. The van der Waals surface area contributed by atoms with Crippen molar-refractivity contribution < 1.29 is 22.4 Å². The highest BCUT2D eigenvalue weighted by Gasteiger charge is 2.38. The number of benzene rings is 1. The molecule has 0 amide bonds. The largest absolute Gasteiger partial charge is 0.494 e. The van der Waals surface area contributed by atoms with Crippen molar-refractivity contribution in [2.45, 2.75) is 58.5 Å². The average molecular weight is 408 g/mol. The number of halogens is 3. The van der Waals surface area contributed by atoms with E-state index < -0.39 is 12.1 Å². The van der Waals surface area contributed by atoms with Gasteiger partial charge in [0.15, 0.2) is 0 Å². The summed E-state index contributed by atoms with van der Waals surface area (Å²) in [4.78, 5) is 3.37. The van der Waals surface area contributed by atoms with E-state index in [0.717, 1.165) is 25.7 Å². The molecule has 158 valence electrons. The van der Waals surface area contributed by atoms with Gasteiger partial charge in [0.2, 0.25) is 5.82 Å². The molecule has 0 fully saturated rings. The van der Waals surface area contributed by atoms with Gasteiger partial charge in [0.25, 0.3) is 0 Å². The summed E-state index contributed by atoms with van der Waals surface area (Å²) in [6.07, 6.45) is 7.02. The molecule has 0 aliphatic carbocycles. The molecule has 2 atom stereocenters. The van der Waals surface area contributed by atoms with Crippen molar-refractivity contribution in [2.75, 3.05) is 6.61 Å². The molecule has 0 saturated heterocycles. The Morgan fingerprint density at radius 3 is 2.41 bits per heavy atom. The maximum absolute atomic E-state index is 12.5. The van der Waals surface area contributed by atoms with Crippen molar-refractivity contribution in [1.82, 2.24) is 10.1 Å². The molecular weight excluding hydrogens is 381 g/mol. The van der Waals surface area contributed by atoms with Crippen molar-refractivity contribution in [1.29, 1.82) is 0 Å². The smallest absolute Gasteiger partial charge is 0.471 e. The quantitative estimate of drug-likeness (QED) is 0.320. The van der Waals surface area contributed by atoms with E-state index >= 15 is 0 Å². The zero-order chi connectivity index (χ0) is 21.3. The molecule has 0 N–H and O–H groups in total. The summed E-state index contributed by atoms with van der Waals surface area (Å²) in [5.74, 6) is 3.09. The van der Waals surface area contributed by atoms with Crippen LogP contribution in [0.2, 0.25) is 0 Å². The van der Waals surface area contributed by atoms with Crippen LogP contribution in [0.25, 0.3) is 11.4 Å². The normalized spacial score (nSPS) is 13.7. The van der Waals surface area contributed by atoms with E-state index in [0.29, 0.717) is 29.8 Å². The minimum Gasteiger partial charge on any atom is -0.494 e. The number of ether oxygens (including phenoxy) is 1. The molecule has 2 unspecified atom stereocenters. The van der Waals surface area contributed by atoms with Crippen LogP contribution < -0.4 is 4.74 Å².